The van der Waals surface area contributed by atoms with E-state index in [-0.39, 0.29) is 12.3 Å². The SMILES string of the molecule is Cc1sc2c(c1C)C(c1ccc(Cl)cc1)=N[C@@H](CC(=O)N/N=C/N(C)C)c1nnc(C)n1-2. The van der Waals surface area contributed by atoms with Crippen LogP contribution in [0.25, 0.3) is 5.00 Å². The summed E-state index contributed by atoms with van der Waals surface area (Å²) in [6.07, 6.45) is 1.62. The molecular weight excluding hydrogens is 446 g/mol. The molecule has 166 valence electrons. The number of aromatic nitrogens is 3. The monoisotopic (exact) mass is 469 g/mol. The highest BCUT2D eigenvalue weighted by molar-refractivity contribution is 7.15. The molecular formula is C22H24ClN7OS. The fourth-order valence-electron chi connectivity index (χ4n) is 3.57. The second kappa shape index (κ2) is 8.84. The quantitative estimate of drug-likeness (QED) is 0.349. The third kappa shape index (κ3) is 4.18. The van der Waals surface area contributed by atoms with Crippen LogP contribution >= 0.6 is 22.9 Å². The van der Waals surface area contributed by atoms with Crippen molar-refractivity contribution < 1.29 is 4.79 Å². The molecule has 0 unspecified atom stereocenters. The van der Waals surface area contributed by atoms with Crippen LogP contribution in [0.4, 0.5) is 0 Å². The van der Waals surface area contributed by atoms with E-state index >= 15 is 0 Å². The minimum absolute atomic E-state index is 0.0902. The van der Waals surface area contributed by atoms with E-state index in [1.165, 1.54) is 11.2 Å². The molecule has 4 rings (SSSR count). The fourth-order valence-corrected chi connectivity index (χ4v) is 4.91. The van der Waals surface area contributed by atoms with Crippen molar-refractivity contribution in [2.24, 2.45) is 10.1 Å². The van der Waals surface area contributed by atoms with Crippen LogP contribution in [-0.4, -0.2) is 51.7 Å². The molecule has 1 aliphatic rings. The number of hydrazone groups is 1. The van der Waals surface area contributed by atoms with Gasteiger partial charge in [-0.3, -0.25) is 14.4 Å². The van der Waals surface area contributed by atoms with Gasteiger partial charge in [0, 0.05) is 35.1 Å². The van der Waals surface area contributed by atoms with Crippen molar-refractivity contribution in [1.29, 1.82) is 0 Å². The number of amides is 1. The number of thiophene rings is 1. The predicted octanol–water partition coefficient (Wildman–Crippen LogP) is 3.81. The zero-order valence-corrected chi connectivity index (χ0v) is 20.1. The van der Waals surface area contributed by atoms with Crippen molar-refractivity contribution in [2.45, 2.75) is 33.2 Å². The van der Waals surface area contributed by atoms with Gasteiger partial charge in [-0.2, -0.15) is 5.10 Å². The van der Waals surface area contributed by atoms with Crippen LogP contribution in [0.5, 0.6) is 0 Å². The van der Waals surface area contributed by atoms with Crippen molar-refractivity contribution in [2.75, 3.05) is 14.1 Å². The lowest BCUT2D eigenvalue weighted by Gasteiger charge is -2.12. The second-order valence-corrected chi connectivity index (χ2v) is 9.49. The first kappa shape index (κ1) is 22.2. The van der Waals surface area contributed by atoms with Gasteiger partial charge < -0.3 is 4.90 Å². The first-order valence-electron chi connectivity index (χ1n) is 10.1. The van der Waals surface area contributed by atoms with Crippen molar-refractivity contribution in [3.8, 4) is 5.00 Å². The number of nitrogens with zero attached hydrogens (tertiary/aromatic N) is 6. The molecule has 3 aromatic rings. The first-order chi connectivity index (χ1) is 15.3. The highest BCUT2D eigenvalue weighted by atomic mass is 35.5. The van der Waals surface area contributed by atoms with E-state index in [9.17, 15) is 4.79 Å². The molecule has 1 aliphatic heterocycles. The molecule has 1 aromatic carbocycles. The fraction of sp³-hybridized carbons (Fsp3) is 0.318. The first-order valence-corrected chi connectivity index (χ1v) is 11.3. The number of rotatable bonds is 5. The molecule has 3 heterocycles. The molecule has 0 saturated heterocycles. The predicted molar refractivity (Wildman–Crippen MR) is 128 cm³/mol. The maximum absolute atomic E-state index is 12.7. The maximum Gasteiger partial charge on any atom is 0.242 e. The van der Waals surface area contributed by atoms with E-state index in [4.69, 9.17) is 16.6 Å². The summed E-state index contributed by atoms with van der Waals surface area (Å²) in [6.45, 7) is 6.11. The van der Waals surface area contributed by atoms with Crippen LogP contribution < -0.4 is 5.43 Å². The lowest BCUT2D eigenvalue weighted by atomic mass is 9.99. The van der Waals surface area contributed by atoms with Gasteiger partial charge in [0.15, 0.2) is 5.82 Å². The van der Waals surface area contributed by atoms with Crippen LogP contribution in [0.3, 0.4) is 0 Å². The molecule has 0 fully saturated rings. The van der Waals surface area contributed by atoms with Gasteiger partial charge in [-0.15, -0.1) is 21.5 Å². The van der Waals surface area contributed by atoms with E-state index in [0.29, 0.717) is 10.8 Å². The Morgan fingerprint density at radius 2 is 1.97 bits per heavy atom. The summed E-state index contributed by atoms with van der Waals surface area (Å²) in [5, 5.41) is 14.3. The number of hydrogen-bond acceptors (Lipinski definition) is 6. The molecule has 1 amide bonds. The Bertz CT molecular complexity index is 1220. The lowest BCUT2D eigenvalue weighted by molar-refractivity contribution is -0.121. The summed E-state index contributed by atoms with van der Waals surface area (Å²) in [5.41, 5.74) is 6.50. The topological polar surface area (TPSA) is 87.8 Å². The van der Waals surface area contributed by atoms with E-state index in [0.717, 1.165) is 33.2 Å². The molecule has 0 saturated carbocycles. The van der Waals surface area contributed by atoms with Crippen LogP contribution in [-0.2, 0) is 4.79 Å². The number of carbonyl (C=O) groups is 1. The van der Waals surface area contributed by atoms with Crippen LogP contribution in [0.2, 0.25) is 5.02 Å². The Balaban J connectivity index is 1.84. The number of aryl methyl sites for hydroxylation is 2. The van der Waals surface area contributed by atoms with Crippen molar-refractivity contribution in [3.63, 3.8) is 0 Å². The number of carbonyl (C=O) groups excluding carboxylic acids is 1. The number of aliphatic imine (C=N–C) groups is 1. The highest BCUT2D eigenvalue weighted by Gasteiger charge is 2.32. The van der Waals surface area contributed by atoms with Crippen molar-refractivity contribution in [1.82, 2.24) is 25.1 Å². The zero-order valence-electron chi connectivity index (χ0n) is 18.5. The largest absolute Gasteiger partial charge is 0.367 e. The summed E-state index contributed by atoms with van der Waals surface area (Å²) in [6, 6.07) is 7.09. The van der Waals surface area contributed by atoms with Gasteiger partial charge in [0.05, 0.1) is 12.1 Å². The molecule has 0 radical (unpaired) electrons. The summed E-state index contributed by atoms with van der Waals surface area (Å²) in [4.78, 5) is 20.7. The summed E-state index contributed by atoms with van der Waals surface area (Å²) >= 11 is 7.81. The maximum atomic E-state index is 12.7. The average molecular weight is 470 g/mol. The minimum Gasteiger partial charge on any atom is -0.367 e. The average Bonchev–Trinajstić information content (AvgIpc) is 3.21. The molecule has 32 heavy (non-hydrogen) atoms. The third-order valence-corrected chi connectivity index (χ3v) is 6.66. The Labute approximate surface area is 195 Å². The third-order valence-electron chi connectivity index (χ3n) is 5.21. The molecule has 0 aliphatic carbocycles. The van der Waals surface area contributed by atoms with Gasteiger partial charge in [-0.05, 0) is 38.5 Å². The molecule has 0 spiro atoms. The van der Waals surface area contributed by atoms with Gasteiger partial charge in [-0.1, -0.05) is 23.7 Å². The number of halogens is 1. The molecule has 8 nitrogen and oxygen atoms in total. The molecule has 0 bridgehead atoms. The van der Waals surface area contributed by atoms with Gasteiger partial charge in [0.2, 0.25) is 5.91 Å². The number of fused-ring (bicyclic) bond motifs is 3. The number of hydrogen-bond donors (Lipinski definition) is 1. The second-order valence-electron chi connectivity index (χ2n) is 7.85. The Morgan fingerprint density at radius 1 is 1.25 bits per heavy atom. The van der Waals surface area contributed by atoms with Crippen molar-refractivity contribution >= 4 is 40.9 Å². The van der Waals surface area contributed by atoms with E-state index < -0.39 is 6.04 Å². The van der Waals surface area contributed by atoms with Crippen molar-refractivity contribution in [3.05, 3.63) is 62.5 Å². The van der Waals surface area contributed by atoms with Crippen LogP contribution in [0.1, 0.15) is 45.7 Å². The van der Waals surface area contributed by atoms with E-state index in [1.807, 2.05) is 49.9 Å². The zero-order chi connectivity index (χ0) is 23.0. The summed E-state index contributed by atoms with van der Waals surface area (Å²) in [5.74, 6) is 1.14. The smallest absolute Gasteiger partial charge is 0.242 e. The summed E-state index contributed by atoms with van der Waals surface area (Å²) in [7, 11) is 3.66. The van der Waals surface area contributed by atoms with Crippen LogP contribution in [0, 0.1) is 20.8 Å². The summed E-state index contributed by atoms with van der Waals surface area (Å²) < 4.78 is 2.02. The lowest BCUT2D eigenvalue weighted by Crippen LogP contribution is -2.22. The number of nitrogens with one attached hydrogen (secondary N) is 1. The van der Waals surface area contributed by atoms with Gasteiger partial charge in [-0.25, -0.2) is 5.43 Å². The van der Waals surface area contributed by atoms with Gasteiger partial charge in [0.25, 0.3) is 0 Å². The van der Waals surface area contributed by atoms with Crippen LogP contribution in [0.15, 0.2) is 34.4 Å². The molecule has 10 heteroatoms. The molecule has 1 N–H and O–H groups in total. The molecule has 1 atom stereocenters. The van der Waals surface area contributed by atoms with Gasteiger partial charge in [0.1, 0.15) is 23.2 Å². The highest BCUT2D eigenvalue weighted by Crippen LogP contribution is 2.39. The minimum atomic E-state index is -0.518. The Morgan fingerprint density at radius 3 is 2.66 bits per heavy atom. The molecule has 2 aromatic heterocycles. The Kier molecular flexibility index (Phi) is 6.12. The van der Waals surface area contributed by atoms with E-state index in [2.05, 4.69) is 34.6 Å². The normalized spacial score (nSPS) is 15.2. The van der Waals surface area contributed by atoms with E-state index in [1.54, 1.807) is 16.2 Å². The van der Waals surface area contributed by atoms with Gasteiger partial charge >= 0.3 is 0 Å². The standard InChI is InChI=1S/C22H24ClN7OS/c1-12-13(2)32-22-19(12)20(15-6-8-16(23)9-7-15)25-17(21-28-26-14(3)30(21)22)10-18(31)27-24-11-29(4)5/h6-9,11,17H,10H2,1-5H3,(H,27,31)/b24-11+/t17-/m0/s1. The Hall–Kier alpha value is -3.04. The number of benzene rings is 1.